The fraction of sp³-hybridized carbons (Fsp3) is 0.571. The maximum absolute atomic E-state index is 4.71. The number of anilines is 1. The van der Waals surface area contributed by atoms with E-state index in [9.17, 15) is 0 Å². The van der Waals surface area contributed by atoms with Gasteiger partial charge in [0.1, 0.15) is 16.5 Å². The Morgan fingerprint density at radius 2 is 2.11 bits per heavy atom. The second-order valence-electron chi connectivity index (χ2n) is 4.36. The summed E-state index contributed by atoms with van der Waals surface area (Å²) in [5, 5.41) is 4.54. The van der Waals surface area contributed by atoms with Crippen molar-refractivity contribution in [3.63, 3.8) is 0 Å². The monoisotopic (exact) mass is 295 g/mol. The molecule has 3 nitrogen and oxygen atoms in total. The average molecular weight is 295 g/mol. The van der Waals surface area contributed by atoms with Gasteiger partial charge >= 0.3 is 0 Å². The molecule has 0 aromatic carbocycles. The van der Waals surface area contributed by atoms with Crippen molar-refractivity contribution in [2.45, 2.75) is 39.4 Å². The maximum Gasteiger partial charge on any atom is 0.142 e. The second-order valence-corrected chi connectivity index (χ2v) is 6.58. The molecule has 2 rings (SSSR count). The van der Waals surface area contributed by atoms with Crippen LogP contribution in [-0.2, 0) is 12.2 Å². The van der Waals surface area contributed by atoms with Crippen molar-refractivity contribution in [1.29, 1.82) is 0 Å². The van der Waals surface area contributed by atoms with Crippen LogP contribution < -0.4 is 5.32 Å². The van der Waals surface area contributed by atoms with E-state index in [1.807, 2.05) is 11.8 Å². The number of aryl methyl sites for hydroxylation is 1. The zero-order chi connectivity index (χ0) is 13.7. The minimum Gasteiger partial charge on any atom is -0.370 e. The van der Waals surface area contributed by atoms with Gasteiger partial charge in [-0.15, -0.1) is 11.3 Å². The molecule has 19 heavy (non-hydrogen) atoms. The molecule has 0 unspecified atom stereocenters. The summed E-state index contributed by atoms with van der Waals surface area (Å²) in [7, 11) is 0. The third-order valence-corrected chi connectivity index (χ3v) is 5.09. The molecule has 0 aliphatic heterocycles. The number of rotatable bonds is 7. The Balaban J connectivity index is 2.32. The lowest BCUT2D eigenvalue weighted by Gasteiger charge is -2.06. The Morgan fingerprint density at radius 1 is 1.26 bits per heavy atom. The van der Waals surface area contributed by atoms with Gasteiger partial charge in [0, 0.05) is 11.4 Å². The van der Waals surface area contributed by atoms with E-state index in [1.165, 1.54) is 22.4 Å². The molecule has 0 amide bonds. The zero-order valence-corrected chi connectivity index (χ0v) is 13.5. The van der Waals surface area contributed by atoms with Crippen LogP contribution in [0.2, 0.25) is 0 Å². The van der Waals surface area contributed by atoms with Gasteiger partial charge in [-0.1, -0.05) is 13.8 Å². The lowest BCUT2D eigenvalue weighted by molar-refractivity contribution is 1.05. The average Bonchev–Trinajstić information content (AvgIpc) is 2.83. The van der Waals surface area contributed by atoms with Crippen molar-refractivity contribution in [2.24, 2.45) is 0 Å². The summed E-state index contributed by atoms with van der Waals surface area (Å²) in [6.07, 6.45) is 2.26. The molecule has 0 saturated heterocycles. The van der Waals surface area contributed by atoms with Gasteiger partial charge in [0.2, 0.25) is 0 Å². The predicted molar refractivity (Wildman–Crippen MR) is 87.4 cm³/mol. The first-order chi connectivity index (χ1) is 9.28. The Bertz CT molecular complexity index is 537. The van der Waals surface area contributed by atoms with E-state index in [2.05, 4.69) is 37.1 Å². The fourth-order valence-corrected chi connectivity index (χ4v) is 3.60. The lowest BCUT2D eigenvalue weighted by atomic mass is 10.3. The van der Waals surface area contributed by atoms with Crippen LogP contribution in [0, 0.1) is 0 Å². The van der Waals surface area contributed by atoms with E-state index in [1.54, 1.807) is 11.3 Å². The summed E-state index contributed by atoms with van der Waals surface area (Å²) in [4.78, 5) is 11.9. The molecule has 0 bridgehead atoms. The number of hydrogen-bond donors (Lipinski definition) is 1. The van der Waals surface area contributed by atoms with Crippen LogP contribution in [-0.4, -0.2) is 22.3 Å². The van der Waals surface area contributed by atoms with E-state index >= 15 is 0 Å². The van der Waals surface area contributed by atoms with E-state index in [0.29, 0.717) is 0 Å². The predicted octanol–water partition coefficient (Wildman–Crippen LogP) is 4.33. The lowest BCUT2D eigenvalue weighted by Crippen LogP contribution is -2.03. The Morgan fingerprint density at radius 3 is 2.79 bits per heavy atom. The second kappa shape index (κ2) is 7.10. The number of thioether (sulfide) groups is 1. The summed E-state index contributed by atoms with van der Waals surface area (Å²) in [6, 6.07) is 2.22. The summed E-state index contributed by atoms with van der Waals surface area (Å²) >= 11 is 3.70. The van der Waals surface area contributed by atoms with Crippen LogP contribution >= 0.6 is 23.1 Å². The van der Waals surface area contributed by atoms with Gasteiger partial charge in [0.05, 0.1) is 11.1 Å². The summed E-state index contributed by atoms with van der Waals surface area (Å²) < 4.78 is 0. The molecular weight excluding hydrogens is 274 g/mol. The number of thiophene rings is 1. The van der Waals surface area contributed by atoms with E-state index in [0.717, 1.165) is 35.2 Å². The van der Waals surface area contributed by atoms with Gasteiger partial charge in [0.25, 0.3) is 0 Å². The molecule has 2 heterocycles. The summed E-state index contributed by atoms with van der Waals surface area (Å²) in [6.45, 7) is 7.38. The van der Waals surface area contributed by atoms with Gasteiger partial charge in [-0.3, -0.25) is 0 Å². The van der Waals surface area contributed by atoms with Crippen molar-refractivity contribution < 1.29 is 0 Å². The molecule has 0 aliphatic rings. The Hall–Kier alpha value is -0.810. The normalized spacial score (nSPS) is 11.1. The highest BCUT2D eigenvalue weighted by molar-refractivity contribution is 7.98. The molecule has 0 aliphatic carbocycles. The van der Waals surface area contributed by atoms with Crippen molar-refractivity contribution >= 4 is 39.1 Å². The molecular formula is C14H21N3S2. The van der Waals surface area contributed by atoms with Crippen LogP contribution in [0.4, 0.5) is 5.82 Å². The van der Waals surface area contributed by atoms with E-state index < -0.39 is 0 Å². The Kier molecular flexibility index (Phi) is 5.45. The third kappa shape index (κ3) is 3.60. The number of fused-ring (bicyclic) bond motifs is 1. The minimum atomic E-state index is 0.894. The van der Waals surface area contributed by atoms with Crippen LogP contribution in [0.25, 0.3) is 10.2 Å². The molecule has 1 N–H and O–H groups in total. The van der Waals surface area contributed by atoms with Crippen LogP contribution in [0.1, 0.15) is 37.9 Å². The van der Waals surface area contributed by atoms with Crippen LogP contribution in [0.15, 0.2) is 6.07 Å². The topological polar surface area (TPSA) is 37.8 Å². The number of nitrogens with one attached hydrogen (secondary N) is 1. The van der Waals surface area contributed by atoms with Crippen molar-refractivity contribution in [1.82, 2.24) is 9.97 Å². The Labute approximate surface area is 123 Å². The molecule has 104 valence electrons. The number of aromatic nitrogens is 2. The maximum atomic E-state index is 4.71. The number of hydrogen-bond acceptors (Lipinski definition) is 5. The quantitative estimate of drug-likeness (QED) is 0.772. The largest absolute Gasteiger partial charge is 0.370 e. The van der Waals surface area contributed by atoms with Crippen LogP contribution in [0.5, 0.6) is 0 Å². The number of nitrogens with zero attached hydrogens (tertiary/aromatic N) is 2. The standard InChI is InChI=1S/C14H21N3S2/c1-4-7-18-9-12-16-13(15-6-3)11-8-10(5-2)19-14(11)17-12/h8H,4-7,9H2,1-3H3,(H,15,16,17). The molecule has 2 aromatic rings. The zero-order valence-electron chi connectivity index (χ0n) is 11.8. The SMILES string of the molecule is CCCSCc1nc(NCC)c2cc(CC)sc2n1. The molecule has 0 spiro atoms. The van der Waals surface area contributed by atoms with E-state index in [4.69, 9.17) is 4.98 Å². The van der Waals surface area contributed by atoms with Gasteiger partial charge in [-0.05, 0) is 31.6 Å². The first-order valence-electron chi connectivity index (χ1n) is 6.89. The van der Waals surface area contributed by atoms with E-state index in [-0.39, 0.29) is 0 Å². The smallest absolute Gasteiger partial charge is 0.142 e. The highest BCUT2D eigenvalue weighted by atomic mass is 32.2. The highest BCUT2D eigenvalue weighted by Crippen LogP contribution is 2.30. The molecule has 0 radical (unpaired) electrons. The summed E-state index contributed by atoms with van der Waals surface area (Å²) in [5.41, 5.74) is 0. The van der Waals surface area contributed by atoms with Gasteiger partial charge < -0.3 is 5.32 Å². The molecule has 5 heteroatoms. The van der Waals surface area contributed by atoms with Crippen LogP contribution in [0.3, 0.4) is 0 Å². The van der Waals surface area contributed by atoms with Crippen molar-refractivity contribution in [3.8, 4) is 0 Å². The van der Waals surface area contributed by atoms with Gasteiger partial charge in [-0.2, -0.15) is 11.8 Å². The van der Waals surface area contributed by atoms with Gasteiger partial charge in [-0.25, -0.2) is 9.97 Å². The molecule has 0 fully saturated rings. The summed E-state index contributed by atoms with van der Waals surface area (Å²) in [5.74, 6) is 4.02. The highest BCUT2D eigenvalue weighted by Gasteiger charge is 2.10. The first-order valence-corrected chi connectivity index (χ1v) is 8.86. The minimum absolute atomic E-state index is 0.894. The first kappa shape index (κ1) is 14.6. The molecule has 0 saturated carbocycles. The fourth-order valence-electron chi connectivity index (χ4n) is 1.86. The molecule has 2 aromatic heterocycles. The third-order valence-electron chi connectivity index (χ3n) is 2.76. The van der Waals surface area contributed by atoms with Gasteiger partial charge in [0.15, 0.2) is 0 Å². The molecule has 0 atom stereocenters. The van der Waals surface area contributed by atoms with Crippen molar-refractivity contribution in [3.05, 3.63) is 16.8 Å². The van der Waals surface area contributed by atoms with Crippen molar-refractivity contribution in [2.75, 3.05) is 17.6 Å².